The van der Waals surface area contributed by atoms with Crippen LogP contribution in [-0.4, -0.2) is 49.9 Å². The van der Waals surface area contributed by atoms with Crippen molar-refractivity contribution in [3.8, 4) is 0 Å². The Balaban J connectivity index is 1.30. The first-order valence-corrected chi connectivity index (χ1v) is 12.1. The molecule has 1 saturated heterocycles. The molecule has 29 heavy (non-hydrogen) atoms. The van der Waals surface area contributed by atoms with Crippen LogP contribution in [-0.2, 0) is 16.4 Å². The second-order valence-electron chi connectivity index (χ2n) is 8.31. The zero-order chi connectivity index (χ0) is 20.4. The molecule has 4 rings (SSSR count). The molecule has 0 unspecified atom stereocenters. The SMILES string of the molecule is CN(Cc1ccccc1)C(=O)c1ccc([C@@H]2C[C@H]2NC2CCS(=O)(=O)CC2)cc1. The van der Waals surface area contributed by atoms with Crippen molar-refractivity contribution in [3.05, 3.63) is 71.3 Å². The Hall–Kier alpha value is -2.18. The van der Waals surface area contributed by atoms with Crippen molar-refractivity contribution in [2.75, 3.05) is 18.6 Å². The fourth-order valence-corrected chi connectivity index (χ4v) is 5.62. The standard InChI is InChI=1S/C23H28N2O3S/c1-25(16-17-5-3-2-4-6-17)23(26)19-9-7-18(8-10-19)21-15-22(21)24-20-11-13-29(27,28)14-12-20/h2-10,20-22,24H,11-16H2,1H3/t21-,22+/m0/s1. The second kappa shape index (κ2) is 8.28. The molecular weight excluding hydrogens is 384 g/mol. The first kappa shape index (κ1) is 20.1. The Morgan fingerprint density at radius 2 is 1.69 bits per heavy atom. The molecule has 2 atom stereocenters. The molecule has 0 aromatic heterocycles. The van der Waals surface area contributed by atoms with E-state index >= 15 is 0 Å². The van der Waals surface area contributed by atoms with Crippen LogP contribution in [0, 0.1) is 0 Å². The van der Waals surface area contributed by atoms with Gasteiger partial charge in [-0.05, 0) is 42.5 Å². The maximum atomic E-state index is 12.7. The molecule has 1 aliphatic carbocycles. The van der Waals surface area contributed by atoms with E-state index in [-0.39, 0.29) is 5.91 Å². The molecule has 0 bridgehead atoms. The lowest BCUT2D eigenvalue weighted by Crippen LogP contribution is -2.39. The van der Waals surface area contributed by atoms with Gasteiger partial charge >= 0.3 is 0 Å². The molecule has 0 spiro atoms. The van der Waals surface area contributed by atoms with Crippen molar-refractivity contribution in [3.63, 3.8) is 0 Å². The summed E-state index contributed by atoms with van der Waals surface area (Å²) in [6.45, 7) is 0.590. The summed E-state index contributed by atoms with van der Waals surface area (Å²) < 4.78 is 23.1. The Morgan fingerprint density at radius 1 is 1.03 bits per heavy atom. The fourth-order valence-electron chi connectivity index (χ4n) is 4.13. The molecule has 5 nitrogen and oxygen atoms in total. The monoisotopic (exact) mass is 412 g/mol. The van der Waals surface area contributed by atoms with Crippen LogP contribution in [0.1, 0.15) is 46.7 Å². The van der Waals surface area contributed by atoms with Gasteiger partial charge in [-0.15, -0.1) is 0 Å². The zero-order valence-electron chi connectivity index (χ0n) is 16.8. The molecule has 1 saturated carbocycles. The van der Waals surface area contributed by atoms with Crippen LogP contribution in [0.5, 0.6) is 0 Å². The molecule has 6 heteroatoms. The van der Waals surface area contributed by atoms with Gasteiger partial charge in [-0.25, -0.2) is 8.42 Å². The summed E-state index contributed by atoms with van der Waals surface area (Å²) in [6, 6.07) is 18.7. The smallest absolute Gasteiger partial charge is 0.253 e. The number of carbonyl (C=O) groups is 1. The lowest BCUT2D eigenvalue weighted by Gasteiger charge is -2.23. The van der Waals surface area contributed by atoms with Gasteiger partial charge in [0, 0.05) is 37.2 Å². The molecule has 154 valence electrons. The van der Waals surface area contributed by atoms with E-state index in [9.17, 15) is 13.2 Å². The van der Waals surface area contributed by atoms with Crippen LogP contribution in [0.25, 0.3) is 0 Å². The Labute approximate surface area is 173 Å². The third-order valence-corrected chi connectivity index (χ3v) is 7.71. The first-order valence-electron chi connectivity index (χ1n) is 10.3. The van der Waals surface area contributed by atoms with Crippen LogP contribution in [0.15, 0.2) is 54.6 Å². The highest BCUT2D eigenvalue weighted by Gasteiger charge is 2.40. The van der Waals surface area contributed by atoms with Gasteiger partial charge in [-0.2, -0.15) is 0 Å². The fraction of sp³-hybridized carbons (Fsp3) is 0.435. The number of hydrogen-bond donors (Lipinski definition) is 1. The average molecular weight is 413 g/mol. The maximum absolute atomic E-state index is 12.7. The van der Waals surface area contributed by atoms with Gasteiger partial charge in [-0.1, -0.05) is 42.5 Å². The van der Waals surface area contributed by atoms with Gasteiger partial charge in [0.1, 0.15) is 9.84 Å². The van der Waals surface area contributed by atoms with E-state index in [1.165, 1.54) is 5.56 Å². The second-order valence-corrected chi connectivity index (χ2v) is 10.6. The van der Waals surface area contributed by atoms with Gasteiger partial charge in [-0.3, -0.25) is 4.79 Å². The van der Waals surface area contributed by atoms with Gasteiger partial charge in [0.05, 0.1) is 11.5 Å². The Kier molecular flexibility index (Phi) is 5.74. The number of nitrogens with one attached hydrogen (secondary N) is 1. The van der Waals surface area contributed by atoms with E-state index in [1.807, 2.05) is 49.5 Å². The Morgan fingerprint density at radius 3 is 2.34 bits per heavy atom. The molecule has 1 N–H and O–H groups in total. The number of hydrogen-bond acceptors (Lipinski definition) is 4. The Bertz CT molecular complexity index is 943. The minimum Gasteiger partial charge on any atom is -0.337 e. The van der Waals surface area contributed by atoms with E-state index in [2.05, 4.69) is 17.4 Å². The highest BCUT2D eigenvalue weighted by Crippen LogP contribution is 2.41. The first-order chi connectivity index (χ1) is 13.9. The van der Waals surface area contributed by atoms with Crippen LogP contribution in [0.3, 0.4) is 0 Å². The molecule has 1 amide bonds. The van der Waals surface area contributed by atoms with Crippen LogP contribution in [0.2, 0.25) is 0 Å². The van der Waals surface area contributed by atoms with Crippen molar-refractivity contribution in [2.45, 2.75) is 43.8 Å². The summed E-state index contributed by atoms with van der Waals surface area (Å²) in [7, 11) is -0.985. The van der Waals surface area contributed by atoms with E-state index in [0.29, 0.717) is 54.5 Å². The van der Waals surface area contributed by atoms with Crippen LogP contribution >= 0.6 is 0 Å². The highest BCUT2D eigenvalue weighted by atomic mass is 32.2. The summed E-state index contributed by atoms with van der Waals surface area (Å²) in [5.74, 6) is 1.08. The summed E-state index contributed by atoms with van der Waals surface area (Å²) in [5.41, 5.74) is 3.06. The van der Waals surface area contributed by atoms with Crippen molar-refractivity contribution < 1.29 is 13.2 Å². The number of carbonyl (C=O) groups excluding carboxylic acids is 1. The van der Waals surface area contributed by atoms with Crippen molar-refractivity contribution in [2.24, 2.45) is 0 Å². The van der Waals surface area contributed by atoms with E-state index in [1.54, 1.807) is 4.90 Å². The van der Waals surface area contributed by atoms with Gasteiger partial charge < -0.3 is 10.2 Å². The predicted molar refractivity (Wildman–Crippen MR) is 115 cm³/mol. The number of nitrogens with zero attached hydrogens (tertiary/aromatic N) is 1. The summed E-state index contributed by atoms with van der Waals surface area (Å²) in [5, 5.41) is 3.62. The minimum atomic E-state index is -2.81. The molecule has 2 fully saturated rings. The van der Waals surface area contributed by atoms with E-state index in [4.69, 9.17) is 0 Å². The maximum Gasteiger partial charge on any atom is 0.253 e. The minimum absolute atomic E-state index is 0.0225. The van der Waals surface area contributed by atoms with Crippen molar-refractivity contribution >= 4 is 15.7 Å². The van der Waals surface area contributed by atoms with Gasteiger partial charge in [0.25, 0.3) is 5.91 Å². The summed E-state index contributed by atoms with van der Waals surface area (Å²) >= 11 is 0. The molecule has 2 aromatic rings. The van der Waals surface area contributed by atoms with Crippen molar-refractivity contribution in [1.82, 2.24) is 10.2 Å². The lowest BCUT2D eigenvalue weighted by atomic mass is 10.1. The molecular formula is C23H28N2O3S. The number of amides is 1. The van der Waals surface area contributed by atoms with Gasteiger partial charge in [0.2, 0.25) is 0 Å². The van der Waals surface area contributed by atoms with Crippen molar-refractivity contribution in [1.29, 1.82) is 0 Å². The topological polar surface area (TPSA) is 66.5 Å². The van der Waals surface area contributed by atoms with Gasteiger partial charge in [0.15, 0.2) is 0 Å². The van der Waals surface area contributed by atoms with E-state index < -0.39 is 9.84 Å². The average Bonchev–Trinajstić information content (AvgIpc) is 3.49. The van der Waals surface area contributed by atoms with Crippen LogP contribution in [0.4, 0.5) is 0 Å². The lowest BCUT2D eigenvalue weighted by molar-refractivity contribution is 0.0785. The van der Waals surface area contributed by atoms with Crippen LogP contribution < -0.4 is 5.32 Å². The molecule has 1 aliphatic heterocycles. The molecule has 0 radical (unpaired) electrons. The normalized spacial score (nSPS) is 23.5. The number of sulfone groups is 1. The molecule has 2 aliphatic rings. The zero-order valence-corrected chi connectivity index (χ0v) is 17.6. The van der Waals surface area contributed by atoms with E-state index in [0.717, 1.165) is 12.0 Å². The predicted octanol–water partition coefficient (Wildman–Crippen LogP) is 2.98. The molecule has 1 heterocycles. The third kappa shape index (κ3) is 5.06. The number of rotatable bonds is 6. The summed E-state index contributed by atoms with van der Waals surface area (Å²) in [4.78, 5) is 14.4. The largest absolute Gasteiger partial charge is 0.337 e. The highest BCUT2D eigenvalue weighted by molar-refractivity contribution is 7.91. The number of benzene rings is 2. The quantitative estimate of drug-likeness (QED) is 0.792. The molecule has 2 aromatic carbocycles. The third-order valence-electron chi connectivity index (χ3n) is 5.99. The summed E-state index contributed by atoms with van der Waals surface area (Å²) in [6.07, 6.45) is 2.50.